The van der Waals surface area contributed by atoms with Crippen molar-refractivity contribution < 1.29 is 0 Å². The van der Waals surface area contributed by atoms with E-state index >= 15 is 0 Å². The molecule has 0 aromatic carbocycles. The van der Waals surface area contributed by atoms with Crippen LogP contribution in [0.25, 0.3) is 0 Å². The minimum absolute atomic E-state index is 0.373. The van der Waals surface area contributed by atoms with E-state index in [1.165, 1.54) is 51.4 Å². The monoisotopic (exact) mass is 254 g/mol. The molecule has 0 unspecified atom stereocenters. The molecule has 0 saturated heterocycles. The molecule has 0 radical (unpaired) electrons. The van der Waals surface area contributed by atoms with E-state index in [1.807, 2.05) is 0 Å². The molecule has 0 amide bonds. The molecule has 0 aliphatic carbocycles. The van der Waals surface area contributed by atoms with Crippen LogP contribution in [0.3, 0.4) is 0 Å². The third-order valence-corrected chi connectivity index (χ3v) is 3.35. The molecule has 0 aliphatic heterocycles. The van der Waals surface area contributed by atoms with Crippen molar-refractivity contribution in [3.05, 3.63) is 0 Å². The average molecular weight is 255 g/mol. The van der Waals surface area contributed by atoms with Gasteiger partial charge >= 0.3 is 0 Å². The fraction of sp³-hybridized carbons (Fsp3) is 1.00. The lowest BCUT2D eigenvalue weighted by molar-refractivity contribution is 0.567. The molecule has 0 atom stereocenters. The molecule has 0 aromatic rings. The summed E-state index contributed by atoms with van der Waals surface area (Å²) in [5, 5.41) is 0. The standard InChI is InChI=1S/C11H24Cl2Si/c1-2-3-4-5-6-7-8-9-10-11(12,13)14/h2-10H2,1,14H3. The van der Waals surface area contributed by atoms with Crippen molar-refractivity contribution in [1.82, 2.24) is 0 Å². The first-order valence-electron chi connectivity index (χ1n) is 5.94. The maximum absolute atomic E-state index is 5.94. The molecule has 14 heavy (non-hydrogen) atoms. The summed E-state index contributed by atoms with van der Waals surface area (Å²) in [6, 6.07) is 0. The van der Waals surface area contributed by atoms with Crippen LogP contribution >= 0.6 is 23.2 Å². The Morgan fingerprint density at radius 2 is 1.29 bits per heavy atom. The molecule has 0 nitrogen and oxygen atoms in total. The Balaban J connectivity index is 2.99. The Labute approximate surface area is 102 Å². The average Bonchev–Trinajstić information content (AvgIpc) is 2.08. The van der Waals surface area contributed by atoms with Crippen molar-refractivity contribution in [2.75, 3.05) is 0 Å². The van der Waals surface area contributed by atoms with E-state index < -0.39 is 0 Å². The van der Waals surface area contributed by atoms with Gasteiger partial charge in [0.05, 0.1) is 3.96 Å². The van der Waals surface area contributed by atoms with E-state index in [0.29, 0.717) is 0 Å². The van der Waals surface area contributed by atoms with Gasteiger partial charge in [-0.15, -0.1) is 23.2 Å². The molecule has 0 aromatic heterocycles. The summed E-state index contributed by atoms with van der Waals surface area (Å²) in [6.45, 7) is 2.26. The van der Waals surface area contributed by atoms with Gasteiger partial charge < -0.3 is 0 Å². The van der Waals surface area contributed by atoms with Crippen LogP contribution in [0, 0.1) is 0 Å². The molecule has 0 saturated carbocycles. The Kier molecular flexibility index (Phi) is 9.57. The van der Waals surface area contributed by atoms with Crippen LogP contribution in [0.15, 0.2) is 0 Å². The van der Waals surface area contributed by atoms with Gasteiger partial charge in [0.15, 0.2) is 0 Å². The largest absolute Gasteiger partial charge is 0.107 e. The third-order valence-electron chi connectivity index (χ3n) is 2.47. The Morgan fingerprint density at radius 1 is 0.857 bits per heavy atom. The first-order chi connectivity index (χ1) is 6.56. The second-order valence-corrected chi connectivity index (χ2v) is 9.13. The van der Waals surface area contributed by atoms with Crippen molar-refractivity contribution >= 4 is 33.4 Å². The lowest BCUT2D eigenvalue weighted by Gasteiger charge is -2.12. The van der Waals surface area contributed by atoms with E-state index in [4.69, 9.17) is 23.2 Å². The van der Waals surface area contributed by atoms with Crippen molar-refractivity contribution in [2.24, 2.45) is 0 Å². The summed E-state index contributed by atoms with van der Waals surface area (Å²) in [4.78, 5) is 0. The zero-order valence-corrected chi connectivity index (χ0v) is 13.1. The fourth-order valence-electron chi connectivity index (χ4n) is 1.57. The number of alkyl halides is 2. The number of unbranched alkanes of at least 4 members (excludes halogenated alkanes) is 7. The van der Waals surface area contributed by atoms with Gasteiger partial charge in [-0.05, 0) is 6.42 Å². The summed E-state index contributed by atoms with van der Waals surface area (Å²) in [6.07, 6.45) is 11.8. The van der Waals surface area contributed by atoms with E-state index in [-0.39, 0.29) is 3.96 Å². The smallest absolute Gasteiger partial charge is 0.0972 e. The molecular weight excluding hydrogens is 231 g/mol. The molecule has 0 heterocycles. The summed E-state index contributed by atoms with van der Waals surface area (Å²) in [7, 11) is 0.879. The van der Waals surface area contributed by atoms with Gasteiger partial charge in [0.25, 0.3) is 0 Å². The summed E-state index contributed by atoms with van der Waals surface area (Å²) in [5.74, 6) is 0. The number of halogens is 2. The molecule has 0 spiro atoms. The van der Waals surface area contributed by atoms with Gasteiger partial charge in [0.1, 0.15) is 0 Å². The van der Waals surface area contributed by atoms with Crippen LogP contribution in [0.2, 0.25) is 0 Å². The predicted molar refractivity (Wildman–Crippen MR) is 71.6 cm³/mol. The van der Waals surface area contributed by atoms with Crippen LogP contribution in [0.1, 0.15) is 64.7 Å². The Bertz CT molecular complexity index is 121. The normalized spacial score (nSPS) is 12.2. The maximum Gasteiger partial charge on any atom is 0.0972 e. The third kappa shape index (κ3) is 12.8. The van der Waals surface area contributed by atoms with E-state index in [1.54, 1.807) is 0 Å². The first kappa shape index (κ1) is 14.8. The van der Waals surface area contributed by atoms with Gasteiger partial charge in [-0.1, -0.05) is 58.3 Å². The lowest BCUT2D eigenvalue weighted by Crippen LogP contribution is -2.11. The SMILES string of the molecule is CCCCCCCCCCC([SiH3])(Cl)Cl. The van der Waals surface area contributed by atoms with Crippen LogP contribution in [-0.2, 0) is 0 Å². The van der Waals surface area contributed by atoms with Gasteiger partial charge in [0, 0.05) is 10.2 Å². The zero-order valence-electron chi connectivity index (χ0n) is 9.62. The topological polar surface area (TPSA) is 0 Å². The second kappa shape index (κ2) is 9.05. The lowest BCUT2D eigenvalue weighted by atomic mass is 10.1. The van der Waals surface area contributed by atoms with Crippen LogP contribution in [0.5, 0.6) is 0 Å². The van der Waals surface area contributed by atoms with E-state index in [2.05, 4.69) is 6.92 Å². The molecule has 0 aliphatic rings. The summed E-state index contributed by atoms with van der Waals surface area (Å²) >= 11 is 11.9. The van der Waals surface area contributed by atoms with Crippen molar-refractivity contribution in [3.8, 4) is 0 Å². The summed E-state index contributed by atoms with van der Waals surface area (Å²) in [5.41, 5.74) is 0. The maximum atomic E-state index is 5.94. The quantitative estimate of drug-likeness (QED) is 0.332. The van der Waals surface area contributed by atoms with Gasteiger partial charge in [-0.25, -0.2) is 0 Å². The number of hydrogen-bond acceptors (Lipinski definition) is 0. The van der Waals surface area contributed by atoms with Crippen molar-refractivity contribution in [1.29, 1.82) is 0 Å². The minimum Gasteiger partial charge on any atom is -0.107 e. The van der Waals surface area contributed by atoms with E-state index in [9.17, 15) is 0 Å². The zero-order chi connectivity index (χ0) is 10.9. The van der Waals surface area contributed by atoms with Crippen LogP contribution in [0.4, 0.5) is 0 Å². The molecule has 0 N–H and O–H groups in total. The number of rotatable bonds is 9. The Morgan fingerprint density at radius 3 is 1.71 bits per heavy atom. The Hall–Kier alpha value is 0.797. The number of hydrogen-bond donors (Lipinski definition) is 0. The van der Waals surface area contributed by atoms with Crippen LogP contribution < -0.4 is 0 Å². The van der Waals surface area contributed by atoms with Crippen molar-refractivity contribution in [2.45, 2.75) is 68.7 Å². The van der Waals surface area contributed by atoms with Gasteiger partial charge in [-0.3, -0.25) is 0 Å². The molecule has 0 fully saturated rings. The minimum atomic E-state index is -0.373. The van der Waals surface area contributed by atoms with E-state index in [0.717, 1.165) is 16.7 Å². The molecule has 0 bridgehead atoms. The molecule has 3 heteroatoms. The second-order valence-electron chi connectivity index (χ2n) is 4.30. The predicted octanol–water partition coefficient (Wildman–Crippen LogP) is 4.01. The fourth-order valence-corrected chi connectivity index (χ4v) is 2.19. The van der Waals surface area contributed by atoms with Crippen molar-refractivity contribution in [3.63, 3.8) is 0 Å². The van der Waals surface area contributed by atoms with Crippen LogP contribution in [-0.4, -0.2) is 14.2 Å². The molecule has 86 valence electrons. The molecule has 0 rings (SSSR count). The van der Waals surface area contributed by atoms with Gasteiger partial charge in [-0.2, -0.15) is 0 Å². The highest BCUT2D eigenvalue weighted by Crippen LogP contribution is 2.23. The highest BCUT2D eigenvalue weighted by atomic mass is 35.5. The molecular formula is C11H24Cl2Si. The van der Waals surface area contributed by atoms with Gasteiger partial charge in [0.2, 0.25) is 0 Å². The summed E-state index contributed by atoms with van der Waals surface area (Å²) < 4.78 is -0.373. The highest BCUT2D eigenvalue weighted by molar-refractivity contribution is 6.65. The highest BCUT2D eigenvalue weighted by Gasteiger charge is 2.14. The first-order valence-corrected chi connectivity index (χ1v) is 7.69.